The summed E-state index contributed by atoms with van der Waals surface area (Å²) in [6, 6.07) is 15.4. The number of hydrogen-bond donors (Lipinski definition) is 0. The smallest absolute Gasteiger partial charge is 0.0233 e. The van der Waals surface area contributed by atoms with E-state index in [2.05, 4.69) is 47.4 Å². The maximum absolute atomic E-state index is 2.55. The molecule has 82 valence electrons. The van der Waals surface area contributed by atoms with Gasteiger partial charge in [0.25, 0.3) is 0 Å². The zero-order chi connectivity index (χ0) is 10.8. The van der Waals surface area contributed by atoms with Crippen LogP contribution in [0.3, 0.4) is 0 Å². The Morgan fingerprint density at radius 1 is 0.875 bits per heavy atom. The van der Waals surface area contributed by atoms with Gasteiger partial charge in [0.2, 0.25) is 0 Å². The molecule has 0 bridgehead atoms. The molecule has 0 spiro atoms. The van der Waals surface area contributed by atoms with E-state index in [0.717, 1.165) is 6.54 Å². The fourth-order valence-electron chi connectivity index (χ4n) is 2.54. The van der Waals surface area contributed by atoms with Crippen molar-refractivity contribution >= 4 is 10.8 Å². The summed E-state index contributed by atoms with van der Waals surface area (Å²) in [5, 5.41) is 2.70. The van der Waals surface area contributed by atoms with E-state index in [-0.39, 0.29) is 0 Å². The van der Waals surface area contributed by atoms with Gasteiger partial charge in [0.15, 0.2) is 0 Å². The normalized spacial score (nSPS) is 17.0. The van der Waals surface area contributed by atoms with E-state index in [1.807, 2.05) is 0 Å². The van der Waals surface area contributed by atoms with E-state index >= 15 is 0 Å². The number of benzene rings is 2. The average molecular weight is 211 g/mol. The third kappa shape index (κ3) is 1.96. The molecule has 0 N–H and O–H groups in total. The monoisotopic (exact) mass is 211 g/mol. The molecule has 1 nitrogen and oxygen atoms in total. The van der Waals surface area contributed by atoms with E-state index in [1.54, 1.807) is 0 Å². The summed E-state index contributed by atoms with van der Waals surface area (Å²) >= 11 is 0. The molecule has 0 aromatic heterocycles. The minimum Gasteiger partial charge on any atom is -0.299 e. The molecule has 1 saturated heterocycles. The molecule has 16 heavy (non-hydrogen) atoms. The van der Waals surface area contributed by atoms with Gasteiger partial charge in [-0.15, -0.1) is 0 Å². The zero-order valence-corrected chi connectivity index (χ0v) is 9.52. The number of rotatable bonds is 2. The highest BCUT2D eigenvalue weighted by Gasteiger charge is 2.11. The Hall–Kier alpha value is -1.34. The number of likely N-dealkylation sites (tertiary alicyclic amines) is 1. The van der Waals surface area contributed by atoms with Crippen molar-refractivity contribution in [3.8, 4) is 0 Å². The largest absolute Gasteiger partial charge is 0.299 e. The van der Waals surface area contributed by atoms with Crippen molar-refractivity contribution in [2.75, 3.05) is 13.1 Å². The van der Waals surface area contributed by atoms with Crippen LogP contribution in [0, 0.1) is 0 Å². The summed E-state index contributed by atoms with van der Waals surface area (Å²) in [5.74, 6) is 0. The molecule has 0 radical (unpaired) electrons. The van der Waals surface area contributed by atoms with Crippen LogP contribution in [0.2, 0.25) is 0 Å². The highest BCUT2D eigenvalue weighted by Crippen LogP contribution is 2.18. The van der Waals surface area contributed by atoms with E-state index in [1.165, 1.54) is 42.3 Å². The molecule has 0 unspecified atom stereocenters. The van der Waals surface area contributed by atoms with Gasteiger partial charge in [-0.1, -0.05) is 36.4 Å². The highest BCUT2D eigenvalue weighted by molar-refractivity contribution is 5.82. The molecule has 0 amide bonds. The van der Waals surface area contributed by atoms with Crippen molar-refractivity contribution in [2.45, 2.75) is 19.4 Å². The Morgan fingerprint density at radius 3 is 2.44 bits per heavy atom. The molecule has 3 rings (SSSR count). The lowest BCUT2D eigenvalue weighted by Crippen LogP contribution is -2.18. The van der Waals surface area contributed by atoms with Crippen LogP contribution >= 0.6 is 0 Å². The summed E-state index contributed by atoms with van der Waals surface area (Å²) in [6.07, 6.45) is 2.74. The predicted octanol–water partition coefficient (Wildman–Crippen LogP) is 3.44. The molecule has 1 heteroatoms. The Balaban J connectivity index is 1.86. The van der Waals surface area contributed by atoms with Crippen LogP contribution < -0.4 is 0 Å². The number of nitrogens with zero attached hydrogens (tertiary/aromatic N) is 1. The Bertz CT molecular complexity index is 484. The van der Waals surface area contributed by atoms with Gasteiger partial charge in [0.1, 0.15) is 0 Å². The van der Waals surface area contributed by atoms with Gasteiger partial charge < -0.3 is 0 Å². The first-order valence-electron chi connectivity index (χ1n) is 6.12. The minimum atomic E-state index is 1.12. The van der Waals surface area contributed by atoms with E-state index in [0.29, 0.717) is 0 Å². The van der Waals surface area contributed by atoms with E-state index in [4.69, 9.17) is 0 Å². The van der Waals surface area contributed by atoms with E-state index in [9.17, 15) is 0 Å². The quantitative estimate of drug-likeness (QED) is 0.735. The molecule has 0 aliphatic carbocycles. The van der Waals surface area contributed by atoms with Crippen LogP contribution in [0.5, 0.6) is 0 Å². The van der Waals surface area contributed by atoms with Crippen LogP contribution in [0.1, 0.15) is 18.4 Å². The SMILES string of the molecule is c1ccc2cc(CN3CCCC3)ccc2c1. The van der Waals surface area contributed by atoms with Crippen molar-refractivity contribution in [2.24, 2.45) is 0 Å². The fraction of sp³-hybridized carbons (Fsp3) is 0.333. The van der Waals surface area contributed by atoms with Crippen molar-refractivity contribution in [1.82, 2.24) is 4.90 Å². The topological polar surface area (TPSA) is 3.24 Å². The van der Waals surface area contributed by atoms with Crippen LogP contribution in [-0.4, -0.2) is 18.0 Å². The average Bonchev–Trinajstić information content (AvgIpc) is 2.82. The standard InChI is InChI=1S/C15H17N/c1-2-6-15-11-13(7-8-14(15)5-1)12-16-9-3-4-10-16/h1-2,5-8,11H,3-4,9-10,12H2. The second-order valence-electron chi connectivity index (χ2n) is 4.66. The maximum atomic E-state index is 2.55. The van der Waals surface area contributed by atoms with Gasteiger partial charge in [0, 0.05) is 6.54 Å². The van der Waals surface area contributed by atoms with Gasteiger partial charge >= 0.3 is 0 Å². The zero-order valence-electron chi connectivity index (χ0n) is 9.52. The lowest BCUT2D eigenvalue weighted by molar-refractivity contribution is 0.331. The molecular weight excluding hydrogens is 194 g/mol. The van der Waals surface area contributed by atoms with Crippen LogP contribution in [0.15, 0.2) is 42.5 Å². The van der Waals surface area contributed by atoms with Crippen molar-refractivity contribution < 1.29 is 0 Å². The van der Waals surface area contributed by atoms with E-state index < -0.39 is 0 Å². The molecule has 1 aliphatic heterocycles. The first kappa shape index (κ1) is 9.86. The van der Waals surface area contributed by atoms with Gasteiger partial charge in [-0.05, 0) is 48.3 Å². The van der Waals surface area contributed by atoms with Crippen LogP contribution in [-0.2, 0) is 6.54 Å². The third-order valence-corrected chi connectivity index (χ3v) is 3.42. The van der Waals surface area contributed by atoms with Crippen LogP contribution in [0.4, 0.5) is 0 Å². The minimum absolute atomic E-state index is 1.12. The maximum Gasteiger partial charge on any atom is 0.0233 e. The van der Waals surface area contributed by atoms with Gasteiger partial charge in [-0.2, -0.15) is 0 Å². The van der Waals surface area contributed by atoms with Gasteiger partial charge in [-0.3, -0.25) is 4.90 Å². The Labute approximate surface area is 96.7 Å². The number of fused-ring (bicyclic) bond motifs is 1. The fourth-order valence-corrected chi connectivity index (χ4v) is 2.54. The lowest BCUT2D eigenvalue weighted by Gasteiger charge is -2.14. The first-order chi connectivity index (χ1) is 7.92. The second-order valence-corrected chi connectivity index (χ2v) is 4.66. The third-order valence-electron chi connectivity index (χ3n) is 3.42. The number of hydrogen-bond acceptors (Lipinski definition) is 1. The summed E-state index contributed by atoms with van der Waals surface area (Å²) < 4.78 is 0. The lowest BCUT2D eigenvalue weighted by atomic mass is 10.1. The van der Waals surface area contributed by atoms with Crippen molar-refractivity contribution in [3.05, 3.63) is 48.0 Å². The molecule has 1 aliphatic rings. The second kappa shape index (κ2) is 4.26. The van der Waals surface area contributed by atoms with Crippen LogP contribution in [0.25, 0.3) is 10.8 Å². The van der Waals surface area contributed by atoms with Crippen molar-refractivity contribution in [3.63, 3.8) is 0 Å². The summed E-state index contributed by atoms with van der Waals surface area (Å²) in [6.45, 7) is 3.66. The Morgan fingerprint density at radius 2 is 1.62 bits per heavy atom. The summed E-state index contributed by atoms with van der Waals surface area (Å²) in [7, 11) is 0. The molecule has 0 saturated carbocycles. The van der Waals surface area contributed by atoms with Gasteiger partial charge in [0.05, 0.1) is 0 Å². The molecule has 0 atom stereocenters. The molecular formula is C15H17N. The molecule has 1 heterocycles. The summed E-state index contributed by atoms with van der Waals surface area (Å²) in [4.78, 5) is 2.55. The van der Waals surface area contributed by atoms with Gasteiger partial charge in [-0.25, -0.2) is 0 Å². The Kier molecular flexibility index (Phi) is 2.63. The molecule has 1 fully saturated rings. The summed E-state index contributed by atoms with van der Waals surface area (Å²) in [5.41, 5.74) is 1.44. The molecule has 2 aromatic rings. The van der Waals surface area contributed by atoms with Crippen molar-refractivity contribution in [1.29, 1.82) is 0 Å². The predicted molar refractivity (Wildman–Crippen MR) is 68.5 cm³/mol. The highest BCUT2D eigenvalue weighted by atomic mass is 15.1. The molecule has 2 aromatic carbocycles. The first-order valence-corrected chi connectivity index (χ1v) is 6.12.